The fraction of sp³-hybridized carbons (Fsp3) is 0.235. The van der Waals surface area contributed by atoms with E-state index in [-0.39, 0.29) is 21.3 Å². The highest BCUT2D eigenvalue weighted by molar-refractivity contribution is 7.89. The number of primary sulfonamides is 1. The lowest BCUT2D eigenvalue weighted by molar-refractivity contribution is -0.123. The van der Waals surface area contributed by atoms with Crippen molar-refractivity contribution in [2.24, 2.45) is 5.14 Å². The third-order valence-corrected chi connectivity index (χ3v) is 4.77. The highest BCUT2D eigenvalue weighted by Crippen LogP contribution is 2.21. The molecule has 1 heterocycles. The van der Waals surface area contributed by atoms with Gasteiger partial charge < -0.3 is 10.1 Å². The molecule has 8 nitrogen and oxygen atoms in total. The summed E-state index contributed by atoms with van der Waals surface area (Å²) in [5.74, 6) is -1.44. The van der Waals surface area contributed by atoms with Crippen molar-refractivity contribution in [2.45, 2.75) is 31.8 Å². The van der Waals surface area contributed by atoms with E-state index in [0.29, 0.717) is 11.3 Å². The molecule has 2 rings (SSSR count). The van der Waals surface area contributed by atoms with Crippen LogP contribution in [0.15, 0.2) is 35.2 Å². The van der Waals surface area contributed by atoms with Gasteiger partial charge in [-0.05, 0) is 50.6 Å². The quantitative estimate of drug-likeness (QED) is 0.573. The molecule has 0 fully saturated rings. The van der Waals surface area contributed by atoms with Gasteiger partial charge in [-0.3, -0.25) is 4.79 Å². The number of nitrogens with one attached hydrogen (secondary N) is 1. The maximum absolute atomic E-state index is 12.3. The van der Waals surface area contributed by atoms with Crippen molar-refractivity contribution in [3.8, 4) is 0 Å². The number of rotatable bonds is 5. The number of aryl methyl sites for hydroxylation is 2. The molecule has 1 aromatic heterocycles. The number of benzene rings is 1. The monoisotopic (exact) mass is 411 g/mol. The predicted molar refractivity (Wildman–Crippen MR) is 100 cm³/mol. The number of hydrogen-bond donors (Lipinski definition) is 2. The molecule has 0 saturated heterocycles. The first-order chi connectivity index (χ1) is 12.5. The molecule has 0 saturated carbocycles. The molecule has 1 amide bonds. The van der Waals surface area contributed by atoms with Crippen molar-refractivity contribution in [1.29, 1.82) is 0 Å². The zero-order valence-corrected chi connectivity index (χ0v) is 16.4. The van der Waals surface area contributed by atoms with Crippen LogP contribution in [-0.4, -0.2) is 31.4 Å². The molecule has 0 spiro atoms. The van der Waals surface area contributed by atoms with Gasteiger partial charge in [0.1, 0.15) is 5.15 Å². The maximum Gasteiger partial charge on any atom is 0.342 e. The van der Waals surface area contributed by atoms with E-state index in [2.05, 4.69) is 10.3 Å². The van der Waals surface area contributed by atoms with Gasteiger partial charge in [0.2, 0.25) is 10.0 Å². The fourth-order valence-corrected chi connectivity index (χ4v) is 3.22. The van der Waals surface area contributed by atoms with E-state index in [1.807, 2.05) is 0 Å². The second-order valence-corrected chi connectivity index (χ2v) is 7.78. The summed E-state index contributed by atoms with van der Waals surface area (Å²) in [4.78, 5) is 28.4. The number of halogens is 1. The number of nitrogens with two attached hydrogens (primary N) is 1. The minimum Gasteiger partial charge on any atom is -0.449 e. The van der Waals surface area contributed by atoms with Crippen molar-refractivity contribution >= 4 is 39.2 Å². The topological polar surface area (TPSA) is 128 Å². The van der Waals surface area contributed by atoms with E-state index in [1.165, 1.54) is 31.2 Å². The first kappa shape index (κ1) is 20.8. The van der Waals surface area contributed by atoms with Crippen LogP contribution in [0.3, 0.4) is 0 Å². The molecule has 10 heteroatoms. The number of anilines is 1. The number of hydrogen-bond acceptors (Lipinski definition) is 6. The minimum absolute atomic E-state index is 0.00837. The lowest BCUT2D eigenvalue weighted by atomic mass is 10.1. The zero-order valence-electron chi connectivity index (χ0n) is 14.8. The van der Waals surface area contributed by atoms with E-state index >= 15 is 0 Å². The highest BCUT2D eigenvalue weighted by Gasteiger charge is 2.23. The Morgan fingerprint density at radius 3 is 2.52 bits per heavy atom. The Kier molecular flexibility index (Phi) is 6.19. The van der Waals surface area contributed by atoms with Crippen LogP contribution >= 0.6 is 11.6 Å². The Balaban J connectivity index is 2.12. The van der Waals surface area contributed by atoms with Crippen LogP contribution in [0.25, 0.3) is 0 Å². The number of carbonyl (C=O) groups is 2. The molecule has 1 atom stereocenters. The summed E-state index contributed by atoms with van der Waals surface area (Å²) in [5.41, 5.74) is 1.50. The van der Waals surface area contributed by atoms with Crippen LogP contribution in [0.2, 0.25) is 5.15 Å². The van der Waals surface area contributed by atoms with Crippen molar-refractivity contribution in [2.75, 3.05) is 5.32 Å². The third kappa shape index (κ3) is 5.25. The molecule has 0 aliphatic carbocycles. The molecular formula is C17H18ClN3O5S. The number of carbonyl (C=O) groups excluding carboxylic acids is 2. The normalized spacial score (nSPS) is 12.3. The number of amides is 1. The van der Waals surface area contributed by atoms with E-state index in [1.54, 1.807) is 19.9 Å². The van der Waals surface area contributed by atoms with Gasteiger partial charge in [0.15, 0.2) is 6.10 Å². The number of nitrogens with zero attached hydrogens (tertiary/aromatic N) is 1. The number of pyridine rings is 1. The summed E-state index contributed by atoms with van der Waals surface area (Å²) < 4.78 is 27.9. The molecule has 3 N–H and O–H groups in total. The first-order valence-corrected chi connectivity index (χ1v) is 9.70. The molecular weight excluding hydrogens is 394 g/mol. The van der Waals surface area contributed by atoms with E-state index in [4.69, 9.17) is 21.5 Å². The predicted octanol–water partition coefficient (Wildman–Crippen LogP) is 2.18. The summed E-state index contributed by atoms with van der Waals surface area (Å²) in [5, 5.41) is 7.51. The van der Waals surface area contributed by atoms with E-state index in [0.717, 1.165) is 0 Å². The second-order valence-electron chi connectivity index (χ2n) is 5.86. The molecule has 0 bridgehead atoms. The fourth-order valence-electron chi connectivity index (χ4n) is 2.30. The third-order valence-electron chi connectivity index (χ3n) is 3.59. The maximum atomic E-state index is 12.3. The van der Waals surface area contributed by atoms with Gasteiger partial charge in [0.25, 0.3) is 5.91 Å². The Hall–Kier alpha value is -2.49. The van der Waals surface area contributed by atoms with Gasteiger partial charge in [-0.2, -0.15) is 0 Å². The smallest absolute Gasteiger partial charge is 0.342 e. The Bertz CT molecular complexity index is 984. The van der Waals surface area contributed by atoms with Crippen LogP contribution in [0.5, 0.6) is 0 Å². The van der Waals surface area contributed by atoms with Gasteiger partial charge in [-0.1, -0.05) is 17.7 Å². The van der Waals surface area contributed by atoms with E-state index in [9.17, 15) is 18.0 Å². The molecule has 2 aromatic rings. The van der Waals surface area contributed by atoms with Crippen molar-refractivity contribution < 1.29 is 22.7 Å². The number of esters is 1. The largest absolute Gasteiger partial charge is 0.449 e. The molecule has 0 aliphatic rings. The van der Waals surface area contributed by atoms with Gasteiger partial charge in [-0.15, -0.1) is 0 Å². The van der Waals surface area contributed by atoms with Gasteiger partial charge in [-0.25, -0.2) is 23.3 Å². The molecule has 0 unspecified atom stereocenters. The first-order valence-electron chi connectivity index (χ1n) is 7.77. The van der Waals surface area contributed by atoms with Crippen LogP contribution in [0.1, 0.15) is 28.5 Å². The minimum atomic E-state index is -3.91. The number of aromatic nitrogens is 1. The second kappa shape index (κ2) is 8.03. The molecule has 144 valence electrons. The van der Waals surface area contributed by atoms with Gasteiger partial charge in [0.05, 0.1) is 10.5 Å². The van der Waals surface area contributed by atoms with Gasteiger partial charge >= 0.3 is 5.97 Å². The standard InChI is InChI=1S/C17H18ClN3O5S/c1-9-7-10(2)20-15(18)14(9)17(23)26-11(3)16(22)21-12-5-4-6-13(8-12)27(19,24)25/h4-8,11H,1-3H3,(H,21,22)(H2,19,24,25)/t11-/m0/s1. The SMILES string of the molecule is Cc1cc(C)c(C(=O)O[C@@H](C)C(=O)Nc2cccc(S(N)(=O)=O)c2)c(Cl)n1. The van der Waals surface area contributed by atoms with Crippen LogP contribution < -0.4 is 10.5 Å². The summed E-state index contributed by atoms with van der Waals surface area (Å²) >= 11 is 6.00. The van der Waals surface area contributed by atoms with Crippen molar-refractivity contribution in [3.05, 3.63) is 52.3 Å². The van der Waals surface area contributed by atoms with Crippen LogP contribution in [-0.2, 0) is 19.6 Å². The van der Waals surface area contributed by atoms with Crippen LogP contribution in [0, 0.1) is 13.8 Å². The average molecular weight is 412 g/mol. The Morgan fingerprint density at radius 1 is 1.26 bits per heavy atom. The lowest BCUT2D eigenvalue weighted by Gasteiger charge is -2.15. The number of sulfonamides is 1. The zero-order chi connectivity index (χ0) is 20.4. The van der Waals surface area contributed by atoms with E-state index < -0.39 is 28.0 Å². The van der Waals surface area contributed by atoms with Crippen molar-refractivity contribution in [1.82, 2.24) is 4.98 Å². The van der Waals surface area contributed by atoms with Gasteiger partial charge in [0, 0.05) is 11.4 Å². The summed E-state index contributed by atoms with van der Waals surface area (Å²) in [6.07, 6.45) is -1.16. The molecule has 1 aromatic carbocycles. The molecule has 0 aliphatic heterocycles. The number of ether oxygens (including phenoxy) is 1. The Morgan fingerprint density at radius 2 is 1.93 bits per heavy atom. The lowest BCUT2D eigenvalue weighted by Crippen LogP contribution is -2.30. The van der Waals surface area contributed by atoms with Crippen molar-refractivity contribution in [3.63, 3.8) is 0 Å². The van der Waals surface area contributed by atoms with Crippen LogP contribution in [0.4, 0.5) is 5.69 Å². The molecule has 27 heavy (non-hydrogen) atoms. The Labute approximate surface area is 161 Å². The summed E-state index contributed by atoms with van der Waals surface area (Å²) in [7, 11) is -3.91. The molecule has 0 radical (unpaired) electrons. The average Bonchev–Trinajstić information content (AvgIpc) is 2.53. The summed E-state index contributed by atoms with van der Waals surface area (Å²) in [6, 6.07) is 7.07. The summed E-state index contributed by atoms with van der Waals surface area (Å²) in [6.45, 7) is 4.79. The highest BCUT2D eigenvalue weighted by atomic mass is 35.5.